The summed E-state index contributed by atoms with van der Waals surface area (Å²) in [4.78, 5) is 24.1. The van der Waals surface area contributed by atoms with Crippen molar-refractivity contribution in [3.63, 3.8) is 0 Å². The molecule has 0 aliphatic heterocycles. The van der Waals surface area contributed by atoms with Crippen molar-refractivity contribution in [1.82, 2.24) is 9.99 Å². The molecule has 11 nitrogen and oxygen atoms in total. The molecule has 2 aromatic heterocycles. The first kappa shape index (κ1) is 31.6. The third-order valence-electron chi connectivity index (χ3n) is 7.74. The molecule has 1 N–H and O–H groups in total. The maximum absolute atomic E-state index is 12.7. The van der Waals surface area contributed by atoms with Crippen molar-refractivity contribution in [2.45, 2.75) is 27.1 Å². The zero-order valence-corrected chi connectivity index (χ0v) is 26.5. The van der Waals surface area contributed by atoms with E-state index in [1.165, 1.54) is 31.5 Å². The van der Waals surface area contributed by atoms with Crippen LogP contribution in [0.1, 0.15) is 38.8 Å². The molecule has 0 unspecified atom stereocenters. The Morgan fingerprint density at radius 2 is 1.67 bits per heavy atom. The number of nitro groups is 1. The largest absolute Gasteiger partial charge is 0.493 e. The fourth-order valence-electron chi connectivity index (χ4n) is 5.40. The van der Waals surface area contributed by atoms with Crippen LogP contribution in [-0.4, -0.2) is 28.7 Å². The van der Waals surface area contributed by atoms with Crippen LogP contribution in [0.25, 0.3) is 16.5 Å². The van der Waals surface area contributed by atoms with Gasteiger partial charge in [0.15, 0.2) is 11.5 Å². The number of hydrazone groups is 1. The number of furan rings is 1. The molecular formula is C37H32N4O7. The SMILES string of the molecule is COc1cc(/C=N/NC(=O)c2ccc(COc3ccc(-n4c(C)ccc4C)cc3)o2)cc([N+](=O)[O-])c1OCc1cccc2ccccc12. The highest BCUT2D eigenvalue weighted by Gasteiger charge is 2.23. The molecule has 0 spiro atoms. The van der Waals surface area contributed by atoms with Gasteiger partial charge in [-0.1, -0.05) is 42.5 Å². The molecule has 2 heterocycles. The average molecular weight is 645 g/mol. The van der Waals surface area contributed by atoms with Gasteiger partial charge in [-0.3, -0.25) is 14.9 Å². The van der Waals surface area contributed by atoms with Gasteiger partial charge in [0.25, 0.3) is 0 Å². The number of benzene rings is 4. The van der Waals surface area contributed by atoms with Gasteiger partial charge in [0.2, 0.25) is 5.75 Å². The number of hydrogen-bond donors (Lipinski definition) is 1. The van der Waals surface area contributed by atoms with E-state index < -0.39 is 10.8 Å². The maximum atomic E-state index is 12.7. The van der Waals surface area contributed by atoms with E-state index in [-0.39, 0.29) is 36.2 Å². The minimum Gasteiger partial charge on any atom is -0.493 e. The van der Waals surface area contributed by atoms with Gasteiger partial charge in [-0.2, -0.15) is 5.10 Å². The number of methoxy groups -OCH3 is 1. The molecule has 0 bridgehead atoms. The highest BCUT2D eigenvalue weighted by atomic mass is 16.6. The number of nitro benzene ring substituents is 1. The Kier molecular flexibility index (Phi) is 9.19. The van der Waals surface area contributed by atoms with E-state index in [0.717, 1.165) is 33.4 Å². The highest BCUT2D eigenvalue weighted by Crippen LogP contribution is 2.39. The molecule has 48 heavy (non-hydrogen) atoms. The number of carbonyl (C=O) groups excluding carboxylic acids is 1. The van der Waals surface area contributed by atoms with Crippen LogP contribution < -0.4 is 19.6 Å². The number of aromatic nitrogens is 1. The zero-order valence-electron chi connectivity index (χ0n) is 26.5. The van der Waals surface area contributed by atoms with Crippen LogP contribution in [0.5, 0.6) is 17.2 Å². The molecule has 0 aliphatic rings. The molecule has 0 radical (unpaired) electrons. The lowest BCUT2D eigenvalue weighted by Gasteiger charge is -2.13. The van der Waals surface area contributed by atoms with Crippen molar-refractivity contribution < 1.29 is 28.3 Å². The number of amides is 1. The second kappa shape index (κ2) is 14.0. The number of hydrogen-bond acceptors (Lipinski definition) is 8. The third-order valence-corrected chi connectivity index (χ3v) is 7.74. The first-order valence-corrected chi connectivity index (χ1v) is 15.1. The minimum atomic E-state index is -0.601. The van der Waals surface area contributed by atoms with Crippen molar-refractivity contribution >= 4 is 28.6 Å². The van der Waals surface area contributed by atoms with Crippen molar-refractivity contribution in [1.29, 1.82) is 0 Å². The maximum Gasteiger partial charge on any atom is 0.315 e. The summed E-state index contributed by atoms with van der Waals surface area (Å²) in [6.07, 6.45) is 1.27. The standard InChI is InChI=1S/C37H32N4O7/c1-24-11-12-25(2)40(24)29-13-15-30(16-14-29)46-23-31-17-18-34(48-31)37(42)39-38-21-26-19-33(41(43)44)36(35(20-26)45-3)47-22-28-9-6-8-27-7-4-5-10-32(27)28/h4-21H,22-23H2,1-3H3,(H,39,42)/b38-21+. The predicted octanol–water partition coefficient (Wildman–Crippen LogP) is 7.68. The molecule has 6 rings (SSSR count). The quantitative estimate of drug-likeness (QED) is 0.0821. The summed E-state index contributed by atoms with van der Waals surface area (Å²) in [6.45, 7) is 4.32. The number of fused-ring (bicyclic) bond motifs is 1. The number of rotatable bonds is 12. The monoisotopic (exact) mass is 644 g/mol. The second-order valence-electron chi connectivity index (χ2n) is 11.0. The Morgan fingerprint density at radius 1 is 0.917 bits per heavy atom. The average Bonchev–Trinajstić information content (AvgIpc) is 3.72. The van der Waals surface area contributed by atoms with Gasteiger partial charge in [0, 0.05) is 28.7 Å². The molecule has 0 aliphatic carbocycles. The number of ether oxygens (including phenoxy) is 3. The normalized spacial score (nSPS) is 11.1. The van der Waals surface area contributed by atoms with Crippen LogP contribution in [0.3, 0.4) is 0 Å². The minimum absolute atomic E-state index is 0.0102. The van der Waals surface area contributed by atoms with Gasteiger partial charge in [-0.05, 0) is 84.8 Å². The van der Waals surface area contributed by atoms with E-state index in [2.05, 4.69) is 41.1 Å². The van der Waals surface area contributed by atoms with Crippen molar-refractivity contribution in [2.75, 3.05) is 7.11 Å². The van der Waals surface area contributed by atoms with Crippen LogP contribution in [0, 0.1) is 24.0 Å². The summed E-state index contributed by atoms with van der Waals surface area (Å²) in [6, 6.07) is 31.5. The number of carbonyl (C=O) groups is 1. The van der Waals surface area contributed by atoms with Crippen LogP contribution in [0.4, 0.5) is 5.69 Å². The van der Waals surface area contributed by atoms with E-state index in [9.17, 15) is 14.9 Å². The van der Waals surface area contributed by atoms with Gasteiger partial charge in [0.05, 0.1) is 18.2 Å². The molecule has 0 saturated carbocycles. The fraction of sp³-hybridized carbons (Fsp3) is 0.135. The van der Waals surface area contributed by atoms with Gasteiger partial charge in [-0.25, -0.2) is 5.43 Å². The molecule has 0 atom stereocenters. The Bertz CT molecular complexity index is 2110. The lowest BCUT2D eigenvalue weighted by atomic mass is 10.1. The van der Waals surface area contributed by atoms with Gasteiger partial charge in [0.1, 0.15) is 24.7 Å². The topological polar surface area (TPSA) is 130 Å². The first-order valence-electron chi connectivity index (χ1n) is 15.1. The molecule has 242 valence electrons. The number of nitrogens with one attached hydrogen (secondary N) is 1. The number of aryl methyl sites for hydroxylation is 2. The van der Waals surface area contributed by atoms with Gasteiger partial charge >= 0.3 is 11.6 Å². The molecule has 4 aromatic carbocycles. The smallest absolute Gasteiger partial charge is 0.315 e. The summed E-state index contributed by atoms with van der Waals surface area (Å²) < 4.78 is 25.0. The Labute approximate surface area is 276 Å². The van der Waals surface area contributed by atoms with Crippen LogP contribution in [0.15, 0.2) is 113 Å². The molecule has 11 heteroatoms. The molecular weight excluding hydrogens is 612 g/mol. The summed E-state index contributed by atoms with van der Waals surface area (Å²) in [7, 11) is 1.39. The zero-order chi connectivity index (χ0) is 33.6. The summed E-state index contributed by atoms with van der Waals surface area (Å²) in [5, 5.41) is 18.0. The van der Waals surface area contributed by atoms with E-state index in [0.29, 0.717) is 17.1 Å². The van der Waals surface area contributed by atoms with Crippen molar-refractivity contribution in [3.8, 4) is 22.9 Å². The van der Waals surface area contributed by atoms with E-state index in [1.54, 1.807) is 6.07 Å². The van der Waals surface area contributed by atoms with Crippen molar-refractivity contribution in [3.05, 3.63) is 147 Å². The molecule has 0 fully saturated rings. The van der Waals surface area contributed by atoms with Crippen LogP contribution >= 0.6 is 0 Å². The summed E-state index contributed by atoms with van der Waals surface area (Å²) in [5.74, 6) is 0.671. The molecule has 1 amide bonds. The van der Waals surface area contributed by atoms with E-state index in [1.807, 2.05) is 66.7 Å². The van der Waals surface area contributed by atoms with E-state index >= 15 is 0 Å². The number of nitrogens with zero attached hydrogens (tertiary/aromatic N) is 3. The summed E-state index contributed by atoms with van der Waals surface area (Å²) in [5.41, 5.74) is 6.59. The third kappa shape index (κ3) is 6.90. The van der Waals surface area contributed by atoms with Crippen LogP contribution in [-0.2, 0) is 13.2 Å². The summed E-state index contributed by atoms with van der Waals surface area (Å²) >= 11 is 0. The van der Waals surface area contributed by atoms with Crippen molar-refractivity contribution in [2.24, 2.45) is 5.10 Å². The molecule has 6 aromatic rings. The van der Waals surface area contributed by atoms with Gasteiger partial charge < -0.3 is 23.2 Å². The predicted molar refractivity (Wildman–Crippen MR) is 181 cm³/mol. The Balaban J connectivity index is 1.07. The van der Waals surface area contributed by atoms with Crippen LogP contribution in [0.2, 0.25) is 0 Å². The lowest BCUT2D eigenvalue weighted by molar-refractivity contribution is -0.386. The Hall–Kier alpha value is -6.36. The molecule has 0 saturated heterocycles. The second-order valence-corrected chi connectivity index (χ2v) is 11.0. The van der Waals surface area contributed by atoms with E-state index in [4.69, 9.17) is 18.6 Å². The highest BCUT2D eigenvalue weighted by molar-refractivity contribution is 5.92. The Morgan fingerprint density at radius 3 is 2.42 bits per heavy atom. The lowest BCUT2D eigenvalue weighted by Crippen LogP contribution is -2.16. The first-order chi connectivity index (χ1) is 23.3. The fourth-order valence-corrected chi connectivity index (χ4v) is 5.40. The van der Waals surface area contributed by atoms with Gasteiger partial charge in [-0.15, -0.1) is 0 Å².